The monoisotopic (exact) mass is 289 g/mol. The van der Waals surface area contributed by atoms with Crippen molar-refractivity contribution in [3.8, 4) is 0 Å². The number of ether oxygens (including phenoxy) is 1. The highest BCUT2D eigenvalue weighted by Gasteiger charge is 2.15. The summed E-state index contributed by atoms with van der Waals surface area (Å²) in [6.45, 7) is 0. The third kappa shape index (κ3) is 2.65. The highest BCUT2D eigenvalue weighted by atomic mass is 79.9. The van der Waals surface area contributed by atoms with Crippen molar-refractivity contribution in [3.63, 3.8) is 0 Å². The second kappa shape index (κ2) is 5.07. The molecule has 0 atom stereocenters. The van der Waals surface area contributed by atoms with Gasteiger partial charge >= 0.3 is 5.97 Å². The molecule has 15 heavy (non-hydrogen) atoms. The number of aliphatic imine (C=N–C) groups is 1. The van der Waals surface area contributed by atoms with Gasteiger partial charge in [-0.15, -0.1) is 0 Å². The Morgan fingerprint density at radius 1 is 1.60 bits per heavy atom. The van der Waals surface area contributed by atoms with Crippen LogP contribution in [0, 0.1) is 0 Å². The molecular formula is C9H5BrClNO3. The van der Waals surface area contributed by atoms with E-state index < -0.39 is 5.97 Å². The fraction of sp³-hybridized carbons (Fsp3) is 0.111. The lowest BCUT2D eigenvalue weighted by atomic mass is 10.2. The summed E-state index contributed by atoms with van der Waals surface area (Å²) in [5, 5.41) is 0.340. The number of rotatable bonds is 2. The van der Waals surface area contributed by atoms with E-state index in [-0.39, 0.29) is 11.3 Å². The summed E-state index contributed by atoms with van der Waals surface area (Å²) < 4.78 is 4.95. The number of methoxy groups -OCH3 is 1. The number of benzene rings is 1. The Morgan fingerprint density at radius 3 is 2.80 bits per heavy atom. The number of carbonyl (C=O) groups excluding carboxylic acids is 2. The lowest BCUT2D eigenvalue weighted by Gasteiger charge is -2.05. The number of hydrogen-bond acceptors (Lipinski definition) is 4. The van der Waals surface area contributed by atoms with Crippen LogP contribution in [-0.2, 0) is 9.53 Å². The highest BCUT2D eigenvalue weighted by Crippen LogP contribution is 2.32. The zero-order valence-electron chi connectivity index (χ0n) is 7.58. The second-order valence-electron chi connectivity index (χ2n) is 2.48. The van der Waals surface area contributed by atoms with Gasteiger partial charge < -0.3 is 4.74 Å². The summed E-state index contributed by atoms with van der Waals surface area (Å²) >= 11 is 8.88. The molecule has 0 saturated carbocycles. The van der Waals surface area contributed by atoms with Crippen LogP contribution in [0.1, 0.15) is 10.4 Å². The molecule has 0 aliphatic rings. The highest BCUT2D eigenvalue weighted by molar-refractivity contribution is 9.10. The van der Waals surface area contributed by atoms with Gasteiger partial charge in [-0.3, -0.25) is 0 Å². The van der Waals surface area contributed by atoms with Gasteiger partial charge in [0.15, 0.2) is 0 Å². The summed E-state index contributed by atoms with van der Waals surface area (Å²) in [7, 11) is 1.23. The van der Waals surface area contributed by atoms with Crippen LogP contribution in [0.15, 0.2) is 21.6 Å². The molecule has 0 radical (unpaired) electrons. The van der Waals surface area contributed by atoms with Crippen molar-refractivity contribution in [2.45, 2.75) is 0 Å². The van der Waals surface area contributed by atoms with E-state index in [1.54, 1.807) is 0 Å². The zero-order valence-corrected chi connectivity index (χ0v) is 9.92. The summed E-state index contributed by atoms with van der Waals surface area (Å²) in [6, 6.07) is 2.89. The predicted molar refractivity (Wildman–Crippen MR) is 58.3 cm³/mol. The summed E-state index contributed by atoms with van der Waals surface area (Å²) in [5.74, 6) is -0.618. The minimum Gasteiger partial charge on any atom is -0.465 e. The predicted octanol–water partition coefficient (Wildman–Crippen LogP) is 2.86. The topological polar surface area (TPSA) is 55.7 Å². The third-order valence-electron chi connectivity index (χ3n) is 1.59. The Kier molecular flexibility index (Phi) is 4.03. The Labute approximate surface area is 99.0 Å². The first-order valence-electron chi connectivity index (χ1n) is 3.75. The van der Waals surface area contributed by atoms with E-state index in [0.717, 1.165) is 0 Å². The number of esters is 1. The van der Waals surface area contributed by atoms with E-state index in [4.69, 9.17) is 11.6 Å². The van der Waals surface area contributed by atoms with Crippen LogP contribution >= 0.6 is 27.5 Å². The van der Waals surface area contributed by atoms with Crippen molar-refractivity contribution < 1.29 is 14.3 Å². The Bertz CT molecular complexity index is 455. The smallest absolute Gasteiger partial charge is 0.340 e. The largest absolute Gasteiger partial charge is 0.465 e. The molecule has 4 nitrogen and oxygen atoms in total. The first kappa shape index (κ1) is 11.9. The summed E-state index contributed by atoms with van der Waals surface area (Å²) in [5.41, 5.74) is 0.265. The molecule has 0 unspecified atom stereocenters. The van der Waals surface area contributed by atoms with Crippen molar-refractivity contribution in [3.05, 3.63) is 27.2 Å². The normalized spacial score (nSPS) is 9.27. The average molecular weight is 291 g/mol. The van der Waals surface area contributed by atoms with Crippen molar-refractivity contribution in [1.29, 1.82) is 0 Å². The van der Waals surface area contributed by atoms with Crippen LogP contribution in [0.2, 0.25) is 5.02 Å². The van der Waals surface area contributed by atoms with Gasteiger partial charge in [0.25, 0.3) is 0 Å². The molecule has 1 aromatic rings. The first-order valence-corrected chi connectivity index (χ1v) is 4.92. The summed E-state index contributed by atoms with van der Waals surface area (Å²) in [4.78, 5) is 24.9. The lowest BCUT2D eigenvalue weighted by molar-refractivity contribution is 0.0601. The maximum Gasteiger partial charge on any atom is 0.340 e. The molecule has 0 aromatic heterocycles. The van der Waals surface area contributed by atoms with Crippen molar-refractivity contribution in [2.75, 3.05) is 7.11 Å². The SMILES string of the molecule is COC(=O)c1cc(Cl)cc(Br)c1N=C=O. The van der Waals surface area contributed by atoms with E-state index in [2.05, 4.69) is 25.7 Å². The number of hydrogen-bond donors (Lipinski definition) is 0. The molecule has 1 rings (SSSR count). The summed E-state index contributed by atoms with van der Waals surface area (Å²) in [6.07, 6.45) is 1.36. The minimum atomic E-state index is -0.618. The molecule has 0 heterocycles. The lowest BCUT2D eigenvalue weighted by Crippen LogP contribution is -2.01. The van der Waals surface area contributed by atoms with Crippen molar-refractivity contribution in [2.24, 2.45) is 4.99 Å². The van der Waals surface area contributed by atoms with E-state index in [1.165, 1.54) is 25.3 Å². The first-order chi connectivity index (χ1) is 7.10. The van der Waals surface area contributed by atoms with Crippen molar-refractivity contribution in [1.82, 2.24) is 0 Å². The molecule has 78 valence electrons. The molecule has 6 heteroatoms. The fourth-order valence-corrected chi connectivity index (χ4v) is 1.89. The molecule has 0 saturated heterocycles. The van der Waals surface area contributed by atoms with E-state index >= 15 is 0 Å². The van der Waals surface area contributed by atoms with Gasteiger partial charge in [0.05, 0.1) is 12.7 Å². The van der Waals surface area contributed by atoms with Crippen LogP contribution < -0.4 is 0 Å². The molecule has 0 aliphatic heterocycles. The molecule has 0 N–H and O–H groups in total. The Morgan fingerprint density at radius 2 is 2.27 bits per heavy atom. The third-order valence-corrected chi connectivity index (χ3v) is 2.41. The van der Waals surface area contributed by atoms with Crippen LogP contribution in [0.25, 0.3) is 0 Å². The molecule has 0 amide bonds. The van der Waals surface area contributed by atoms with Crippen LogP contribution in [0.4, 0.5) is 5.69 Å². The van der Waals surface area contributed by atoms with Gasteiger partial charge in [0.2, 0.25) is 6.08 Å². The second-order valence-corrected chi connectivity index (χ2v) is 3.77. The van der Waals surface area contributed by atoms with Crippen LogP contribution in [-0.4, -0.2) is 19.2 Å². The van der Waals surface area contributed by atoms with Gasteiger partial charge in [0.1, 0.15) is 5.69 Å². The average Bonchev–Trinajstić information content (AvgIpc) is 2.20. The molecule has 0 aliphatic carbocycles. The van der Waals surface area contributed by atoms with Gasteiger partial charge in [-0.1, -0.05) is 11.6 Å². The maximum atomic E-state index is 11.3. The number of carbonyl (C=O) groups is 1. The molecule has 1 aromatic carbocycles. The Balaban J connectivity index is 3.45. The van der Waals surface area contributed by atoms with E-state index in [0.29, 0.717) is 9.50 Å². The number of isocyanates is 1. The maximum absolute atomic E-state index is 11.3. The van der Waals surface area contributed by atoms with Gasteiger partial charge in [-0.05, 0) is 28.1 Å². The van der Waals surface area contributed by atoms with E-state index in [1.807, 2.05) is 0 Å². The number of nitrogens with zero attached hydrogens (tertiary/aromatic N) is 1. The molecular weight excluding hydrogens is 285 g/mol. The molecule has 0 bridgehead atoms. The van der Waals surface area contributed by atoms with Crippen molar-refractivity contribution >= 4 is 45.3 Å². The quantitative estimate of drug-likeness (QED) is 0.478. The van der Waals surface area contributed by atoms with Gasteiger partial charge in [0, 0.05) is 9.50 Å². The standard InChI is InChI=1S/C9H5BrClNO3/c1-15-9(14)6-2-5(11)3-7(10)8(6)12-4-13/h2-3H,1H3. The Hall–Kier alpha value is -1.16. The molecule has 0 spiro atoms. The zero-order chi connectivity index (χ0) is 11.4. The van der Waals surface area contributed by atoms with Crippen LogP contribution in [0.3, 0.4) is 0 Å². The van der Waals surface area contributed by atoms with Gasteiger partial charge in [-0.2, -0.15) is 4.99 Å². The molecule has 0 fully saturated rings. The van der Waals surface area contributed by atoms with E-state index in [9.17, 15) is 9.59 Å². The number of halogens is 2. The van der Waals surface area contributed by atoms with Crippen LogP contribution in [0.5, 0.6) is 0 Å². The fourth-order valence-electron chi connectivity index (χ4n) is 0.991. The minimum absolute atomic E-state index is 0.111. The van der Waals surface area contributed by atoms with Gasteiger partial charge in [-0.25, -0.2) is 9.59 Å².